The van der Waals surface area contributed by atoms with Gasteiger partial charge >= 0.3 is 0 Å². The smallest absolute Gasteiger partial charge is 0.0725 e. The minimum Gasteiger partial charge on any atom is -0.271 e. The lowest BCUT2D eigenvalue weighted by Crippen LogP contribution is -2.28. The molecular formula is C16H14IN3. The van der Waals surface area contributed by atoms with E-state index in [0.29, 0.717) is 0 Å². The molecule has 1 atom stereocenters. The SMILES string of the molecule is NNC(c1ccc(I)cc1)c1cnc2ccccc2c1. The second-order valence-electron chi connectivity index (χ2n) is 4.61. The minimum atomic E-state index is -0.0518. The Hall–Kier alpha value is -1.50. The first-order valence-electron chi connectivity index (χ1n) is 6.34. The van der Waals surface area contributed by atoms with Gasteiger partial charge in [0.05, 0.1) is 11.6 Å². The Morgan fingerprint density at radius 3 is 2.50 bits per heavy atom. The van der Waals surface area contributed by atoms with Crippen LogP contribution in [0.2, 0.25) is 0 Å². The molecule has 3 rings (SSSR count). The van der Waals surface area contributed by atoms with Gasteiger partial charge in [0.2, 0.25) is 0 Å². The Kier molecular flexibility index (Phi) is 3.95. The van der Waals surface area contributed by atoms with Gasteiger partial charge in [-0.15, -0.1) is 0 Å². The van der Waals surface area contributed by atoms with Crippen molar-refractivity contribution in [3.63, 3.8) is 0 Å². The molecule has 0 aliphatic carbocycles. The summed E-state index contributed by atoms with van der Waals surface area (Å²) in [7, 11) is 0. The van der Waals surface area contributed by atoms with Crippen molar-refractivity contribution < 1.29 is 0 Å². The van der Waals surface area contributed by atoms with Crippen molar-refractivity contribution >= 4 is 33.5 Å². The second-order valence-corrected chi connectivity index (χ2v) is 5.86. The quantitative estimate of drug-likeness (QED) is 0.419. The van der Waals surface area contributed by atoms with Crippen molar-refractivity contribution in [3.05, 3.63) is 75.5 Å². The van der Waals surface area contributed by atoms with Crippen LogP contribution in [0.1, 0.15) is 17.2 Å². The summed E-state index contributed by atoms with van der Waals surface area (Å²) >= 11 is 2.29. The zero-order valence-electron chi connectivity index (χ0n) is 10.8. The van der Waals surface area contributed by atoms with E-state index in [1.807, 2.05) is 24.4 Å². The van der Waals surface area contributed by atoms with Crippen LogP contribution >= 0.6 is 22.6 Å². The van der Waals surface area contributed by atoms with E-state index in [4.69, 9.17) is 5.84 Å². The fraction of sp³-hybridized carbons (Fsp3) is 0.0625. The summed E-state index contributed by atoms with van der Waals surface area (Å²) in [6, 6.07) is 18.5. The van der Waals surface area contributed by atoms with Crippen LogP contribution in [0.15, 0.2) is 60.8 Å². The number of fused-ring (bicyclic) bond motifs is 1. The van der Waals surface area contributed by atoms with Crippen LogP contribution in [-0.2, 0) is 0 Å². The number of halogens is 1. The molecule has 3 aromatic rings. The maximum Gasteiger partial charge on any atom is 0.0725 e. The summed E-state index contributed by atoms with van der Waals surface area (Å²) < 4.78 is 1.21. The van der Waals surface area contributed by atoms with Crippen molar-refractivity contribution in [1.29, 1.82) is 0 Å². The fourth-order valence-corrected chi connectivity index (χ4v) is 2.65. The Morgan fingerprint density at radius 1 is 1.00 bits per heavy atom. The normalized spacial score (nSPS) is 12.5. The van der Waals surface area contributed by atoms with Crippen molar-refractivity contribution in [3.8, 4) is 0 Å². The average molecular weight is 375 g/mol. The third kappa shape index (κ3) is 2.67. The van der Waals surface area contributed by atoms with Gasteiger partial charge in [-0.2, -0.15) is 0 Å². The molecule has 4 heteroatoms. The number of nitrogens with zero attached hydrogens (tertiary/aromatic N) is 1. The largest absolute Gasteiger partial charge is 0.271 e. The van der Waals surface area contributed by atoms with E-state index in [0.717, 1.165) is 22.0 Å². The second kappa shape index (κ2) is 5.87. The van der Waals surface area contributed by atoms with E-state index >= 15 is 0 Å². The van der Waals surface area contributed by atoms with Gasteiger partial charge in [0.15, 0.2) is 0 Å². The van der Waals surface area contributed by atoms with Crippen LogP contribution in [0.3, 0.4) is 0 Å². The number of hydrogen-bond acceptors (Lipinski definition) is 3. The number of pyridine rings is 1. The summed E-state index contributed by atoms with van der Waals surface area (Å²) in [5, 5.41) is 1.12. The summed E-state index contributed by atoms with van der Waals surface area (Å²) in [4.78, 5) is 4.50. The highest BCUT2D eigenvalue weighted by molar-refractivity contribution is 14.1. The van der Waals surface area contributed by atoms with Crippen LogP contribution in [0.4, 0.5) is 0 Å². The monoisotopic (exact) mass is 375 g/mol. The molecule has 0 fully saturated rings. The standard InChI is InChI=1S/C16H14IN3/c17-14-7-5-11(6-8-14)16(20-18)13-9-12-3-1-2-4-15(12)19-10-13/h1-10,16,20H,18H2. The first-order chi connectivity index (χ1) is 9.78. The zero-order chi connectivity index (χ0) is 13.9. The molecule has 0 saturated carbocycles. The number of nitrogens with one attached hydrogen (secondary N) is 1. The molecule has 1 heterocycles. The van der Waals surface area contributed by atoms with Crippen LogP contribution in [0, 0.1) is 3.57 Å². The van der Waals surface area contributed by atoms with Crippen LogP contribution in [0.25, 0.3) is 10.9 Å². The molecule has 100 valence electrons. The van der Waals surface area contributed by atoms with Crippen molar-refractivity contribution in [2.24, 2.45) is 5.84 Å². The van der Waals surface area contributed by atoms with Crippen molar-refractivity contribution in [2.75, 3.05) is 0 Å². The Morgan fingerprint density at radius 2 is 1.75 bits per heavy atom. The lowest BCUT2D eigenvalue weighted by atomic mass is 9.99. The lowest BCUT2D eigenvalue weighted by molar-refractivity contribution is 0.635. The minimum absolute atomic E-state index is 0.0518. The van der Waals surface area contributed by atoms with E-state index in [9.17, 15) is 0 Å². The number of nitrogens with two attached hydrogens (primary N) is 1. The van der Waals surface area contributed by atoms with Gasteiger partial charge in [0, 0.05) is 15.2 Å². The van der Waals surface area contributed by atoms with E-state index in [-0.39, 0.29) is 6.04 Å². The molecule has 1 unspecified atom stereocenters. The highest BCUT2D eigenvalue weighted by Crippen LogP contribution is 2.24. The molecule has 3 nitrogen and oxygen atoms in total. The number of rotatable bonds is 3. The van der Waals surface area contributed by atoms with Gasteiger partial charge < -0.3 is 0 Å². The van der Waals surface area contributed by atoms with Gasteiger partial charge in [-0.05, 0) is 58.0 Å². The third-order valence-corrected chi connectivity index (χ3v) is 4.03. The predicted octanol–water partition coefficient (Wildman–Crippen LogP) is 3.39. The Balaban J connectivity index is 2.04. The van der Waals surface area contributed by atoms with E-state index in [1.54, 1.807) is 0 Å². The number of benzene rings is 2. The topological polar surface area (TPSA) is 50.9 Å². The maximum atomic E-state index is 5.74. The van der Waals surface area contributed by atoms with Gasteiger partial charge in [0.25, 0.3) is 0 Å². The molecule has 1 aromatic heterocycles. The van der Waals surface area contributed by atoms with Crippen LogP contribution < -0.4 is 11.3 Å². The molecular weight excluding hydrogens is 361 g/mol. The summed E-state index contributed by atoms with van der Waals surface area (Å²) in [5.41, 5.74) is 6.06. The third-order valence-electron chi connectivity index (χ3n) is 3.31. The number of aromatic nitrogens is 1. The average Bonchev–Trinajstić information content (AvgIpc) is 2.50. The van der Waals surface area contributed by atoms with Gasteiger partial charge in [-0.25, -0.2) is 5.43 Å². The van der Waals surface area contributed by atoms with Crippen LogP contribution in [-0.4, -0.2) is 4.98 Å². The van der Waals surface area contributed by atoms with Gasteiger partial charge in [-0.3, -0.25) is 10.8 Å². The first-order valence-corrected chi connectivity index (χ1v) is 7.42. The highest BCUT2D eigenvalue weighted by atomic mass is 127. The Bertz CT molecular complexity index is 725. The first kappa shape index (κ1) is 13.5. The molecule has 0 saturated heterocycles. The summed E-state index contributed by atoms with van der Waals surface area (Å²) in [5.74, 6) is 5.74. The zero-order valence-corrected chi connectivity index (χ0v) is 12.9. The van der Waals surface area contributed by atoms with Gasteiger partial charge in [0.1, 0.15) is 0 Å². The predicted molar refractivity (Wildman–Crippen MR) is 90.1 cm³/mol. The van der Waals surface area contributed by atoms with E-state index in [2.05, 4.69) is 69.4 Å². The summed E-state index contributed by atoms with van der Waals surface area (Å²) in [6.07, 6.45) is 1.88. The van der Waals surface area contributed by atoms with Crippen molar-refractivity contribution in [1.82, 2.24) is 10.4 Å². The van der Waals surface area contributed by atoms with E-state index in [1.165, 1.54) is 3.57 Å². The number of para-hydroxylation sites is 1. The fourth-order valence-electron chi connectivity index (χ4n) is 2.29. The Labute approximate surface area is 131 Å². The molecule has 20 heavy (non-hydrogen) atoms. The van der Waals surface area contributed by atoms with Crippen LogP contribution in [0.5, 0.6) is 0 Å². The molecule has 2 aromatic carbocycles. The molecule has 0 bridgehead atoms. The molecule has 0 aliphatic rings. The number of hydrogen-bond donors (Lipinski definition) is 2. The number of hydrazine groups is 1. The summed E-state index contributed by atoms with van der Waals surface area (Å²) in [6.45, 7) is 0. The van der Waals surface area contributed by atoms with E-state index < -0.39 is 0 Å². The maximum absolute atomic E-state index is 5.74. The highest BCUT2D eigenvalue weighted by Gasteiger charge is 2.13. The van der Waals surface area contributed by atoms with Gasteiger partial charge in [-0.1, -0.05) is 30.3 Å². The molecule has 3 N–H and O–H groups in total. The molecule has 0 spiro atoms. The molecule has 0 amide bonds. The van der Waals surface area contributed by atoms with Crippen molar-refractivity contribution in [2.45, 2.75) is 6.04 Å². The lowest BCUT2D eigenvalue weighted by Gasteiger charge is -2.17. The molecule has 0 radical (unpaired) electrons. The molecule has 0 aliphatic heterocycles.